The number of thioether (sulfide) groups is 1. The normalized spacial score (nSPS) is 19.0. The Morgan fingerprint density at radius 2 is 2.20 bits per heavy atom. The van der Waals surface area contributed by atoms with Gasteiger partial charge in [0.2, 0.25) is 0 Å². The minimum absolute atomic E-state index is 0.0652. The minimum atomic E-state index is -0.744. The van der Waals surface area contributed by atoms with Gasteiger partial charge in [-0.2, -0.15) is 0 Å². The van der Waals surface area contributed by atoms with E-state index < -0.39 is 5.97 Å². The molecule has 0 radical (unpaired) electrons. The molecule has 1 saturated carbocycles. The molecule has 2 aromatic rings. The Labute approximate surface area is 156 Å². The van der Waals surface area contributed by atoms with Crippen molar-refractivity contribution in [3.63, 3.8) is 0 Å². The van der Waals surface area contributed by atoms with Crippen LogP contribution in [0, 0.1) is 5.92 Å². The summed E-state index contributed by atoms with van der Waals surface area (Å²) in [6.45, 7) is 4.60. The second kappa shape index (κ2) is 7.67. The lowest BCUT2D eigenvalue weighted by molar-refractivity contribution is -0.138. The third-order valence-corrected chi connectivity index (χ3v) is 5.24. The number of halogens is 1. The Morgan fingerprint density at radius 3 is 2.84 bits per heavy atom. The number of carboxylic acids is 1. The highest BCUT2D eigenvalue weighted by Crippen LogP contribution is 2.48. The molecular weight excluding hydrogens is 358 g/mol. The van der Waals surface area contributed by atoms with E-state index in [1.54, 1.807) is 11.8 Å². The van der Waals surface area contributed by atoms with E-state index in [2.05, 4.69) is 18.8 Å². The smallest absolute Gasteiger partial charge is 0.307 e. The molecular formula is C19H20ClNO3S. The van der Waals surface area contributed by atoms with Crippen molar-refractivity contribution in [2.45, 2.75) is 43.1 Å². The van der Waals surface area contributed by atoms with Crippen molar-refractivity contribution in [3.8, 4) is 5.75 Å². The fourth-order valence-corrected chi connectivity index (χ4v) is 3.75. The average Bonchev–Trinajstić information content (AvgIpc) is 3.34. The summed E-state index contributed by atoms with van der Waals surface area (Å²) in [5, 5.41) is 11.0. The molecule has 1 aliphatic rings. The van der Waals surface area contributed by atoms with E-state index in [1.165, 1.54) is 0 Å². The maximum atomic E-state index is 11.0. The van der Waals surface area contributed by atoms with E-state index in [0.717, 1.165) is 16.3 Å². The zero-order valence-electron chi connectivity index (χ0n) is 14.1. The maximum absolute atomic E-state index is 11.0. The van der Waals surface area contributed by atoms with Crippen molar-refractivity contribution in [1.29, 1.82) is 0 Å². The number of rotatable bonds is 7. The van der Waals surface area contributed by atoms with E-state index in [1.807, 2.05) is 36.4 Å². The van der Waals surface area contributed by atoms with E-state index in [9.17, 15) is 4.79 Å². The van der Waals surface area contributed by atoms with Crippen molar-refractivity contribution in [2.24, 2.45) is 5.92 Å². The lowest BCUT2D eigenvalue weighted by Crippen LogP contribution is -2.01. The van der Waals surface area contributed by atoms with Gasteiger partial charge in [-0.05, 0) is 42.2 Å². The number of aromatic nitrogens is 1. The molecule has 1 heterocycles. The van der Waals surface area contributed by atoms with Crippen LogP contribution in [0.2, 0.25) is 5.02 Å². The third kappa shape index (κ3) is 4.67. The fourth-order valence-electron chi connectivity index (χ4n) is 2.70. The number of hydrogen-bond donors (Lipinski definition) is 1. The van der Waals surface area contributed by atoms with Crippen molar-refractivity contribution >= 4 is 29.3 Å². The summed E-state index contributed by atoms with van der Waals surface area (Å²) >= 11 is 8.01. The Hall–Kier alpha value is -1.72. The van der Waals surface area contributed by atoms with E-state index in [0.29, 0.717) is 29.0 Å². The van der Waals surface area contributed by atoms with Crippen molar-refractivity contribution in [3.05, 3.63) is 52.7 Å². The molecule has 1 N–H and O–H groups in total. The van der Waals surface area contributed by atoms with Gasteiger partial charge >= 0.3 is 5.97 Å². The van der Waals surface area contributed by atoms with Gasteiger partial charge in [0.15, 0.2) is 0 Å². The second-order valence-corrected chi connectivity index (χ2v) is 8.40. The molecule has 2 unspecified atom stereocenters. The number of nitrogens with zero attached hydrogens (tertiary/aromatic N) is 1. The maximum Gasteiger partial charge on any atom is 0.307 e. The third-order valence-electron chi connectivity index (χ3n) is 4.00. The van der Waals surface area contributed by atoms with Crippen LogP contribution in [0.15, 0.2) is 41.4 Å². The summed E-state index contributed by atoms with van der Waals surface area (Å²) < 4.78 is 5.79. The summed E-state index contributed by atoms with van der Waals surface area (Å²) in [5.41, 5.74) is 1.80. The van der Waals surface area contributed by atoms with Crippen LogP contribution < -0.4 is 4.74 Å². The largest absolute Gasteiger partial charge is 0.486 e. The molecule has 3 rings (SSSR count). The molecule has 25 heavy (non-hydrogen) atoms. The Bertz CT molecular complexity index is 781. The number of carbonyl (C=O) groups is 1. The first-order chi connectivity index (χ1) is 11.9. The number of benzene rings is 1. The average molecular weight is 378 g/mol. The number of pyridine rings is 1. The molecule has 132 valence electrons. The summed E-state index contributed by atoms with van der Waals surface area (Å²) in [5.74, 6) is -0.378. The van der Waals surface area contributed by atoms with Gasteiger partial charge in [-0.25, -0.2) is 4.98 Å². The fraction of sp³-hybridized carbons (Fsp3) is 0.368. The van der Waals surface area contributed by atoms with E-state index >= 15 is 0 Å². The molecule has 0 spiro atoms. The van der Waals surface area contributed by atoms with Gasteiger partial charge < -0.3 is 9.84 Å². The highest BCUT2D eigenvalue weighted by atomic mass is 35.5. The van der Waals surface area contributed by atoms with Gasteiger partial charge in [-0.15, -0.1) is 11.8 Å². The molecule has 1 aromatic carbocycles. The van der Waals surface area contributed by atoms with Crippen LogP contribution in [0.4, 0.5) is 0 Å². The summed E-state index contributed by atoms with van der Waals surface area (Å²) in [7, 11) is 0. The molecule has 2 atom stereocenters. The predicted octanol–water partition coefficient (Wildman–Crippen LogP) is 5.00. The first-order valence-corrected chi connectivity index (χ1v) is 9.47. The predicted molar refractivity (Wildman–Crippen MR) is 99.5 cm³/mol. The van der Waals surface area contributed by atoms with Crippen molar-refractivity contribution in [2.75, 3.05) is 0 Å². The van der Waals surface area contributed by atoms with Gasteiger partial charge in [0.1, 0.15) is 12.4 Å². The number of ether oxygens (including phenoxy) is 1. The van der Waals surface area contributed by atoms with Crippen LogP contribution in [0.25, 0.3) is 0 Å². The number of hydrogen-bond acceptors (Lipinski definition) is 4. The number of aliphatic carboxylic acids is 1. The van der Waals surface area contributed by atoms with Crippen LogP contribution in [0.3, 0.4) is 0 Å². The molecule has 0 aliphatic heterocycles. The van der Waals surface area contributed by atoms with Gasteiger partial charge in [0.05, 0.1) is 21.7 Å². The Morgan fingerprint density at radius 1 is 1.40 bits per heavy atom. The van der Waals surface area contributed by atoms with Crippen molar-refractivity contribution < 1.29 is 14.6 Å². The molecule has 1 aromatic heterocycles. The highest BCUT2D eigenvalue weighted by Gasteiger charge is 2.44. The highest BCUT2D eigenvalue weighted by molar-refractivity contribution is 7.99. The molecule has 0 saturated heterocycles. The van der Waals surface area contributed by atoms with E-state index in [4.69, 9.17) is 21.4 Å². The van der Waals surface area contributed by atoms with E-state index in [-0.39, 0.29) is 11.8 Å². The van der Waals surface area contributed by atoms with Crippen LogP contribution in [0.1, 0.15) is 37.4 Å². The molecule has 6 heteroatoms. The molecule has 0 bridgehead atoms. The topological polar surface area (TPSA) is 59.4 Å². The first-order valence-electron chi connectivity index (χ1n) is 8.21. The molecule has 1 fully saturated rings. The molecule has 1 aliphatic carbocycles. The van der Waals surface area contributed by atoms with Gasteiger partial charge in [0, 0.05) is 5.25 Å². The monoisotopic (exact) mass is 377 g/mol. The van der Waals surface area contributed by atoms with Gasteiger partial charge in [-0.1, -0.05) is 37.6 Å². The Balaban J connectivity index is 1.63. The van der Waals surface area contributed by atoms with Crippen LogP contribution >= 0.6 is 23.4 Å². The molecule has 4 nitrogen and oxygen atoms in total. The summed E-state index contributed by atoms with van der Waals surface area (Å²) in [4.78, 5) is 15.6. The SMILES string of the molecule is CC(C)Sc1cccc(COc2ccc(C3CC3C(=O)O)cc2Cl)n1. The Kier molecular flexibility index (Phi) is 5.54. The van der Waals surface area contributed by atoms with Crippen LogP contribution in [-0.4, -0.2) is 21.3 Å². The minimum Gasteiger partial charge on any atom is -0.486 e. The van der Waals surface area contributed by atoms with Crippen LogP contribution in [0.5, 0.6) is 5.75 Å². The van der Waals surface area contributed by atoms with Gasteiger partial charge in [0.25, 0.3) is 0 Å². The summed E-state index contributed by atoms with van der Waals surface area (Å²) in [6, 6.07) is 11.4. The molecule has 0 amide bonds. The van der Waals surface area contributed by atoms with Crippen molar-refractivity contribution in [1.82, 2.24) is 4.98 Å². The van der Waals surface area contributed by atoms with Crippen LogP contribution in [-0.2, 0) is 11.4 Å². The first kappa shape index (κ1) is 18.1. The second-order valence-electron chi connectivity index (χ2n) is 6.40. The quantitative estimate of drug-likeness (QED) is 0.688. The number of carboxylic acid groups (broad SMARTS) is 1. The van der Waals surface area contributed by atoms with Gasteiger partial charge in [-0.3, -0.25) is 4.79 Å². The lowest BCUT2D eigenvalue weighted by atomic mass is 10.1. The standard InChI is InChI=1S/C19H20ClNO3S/c1-11(2)25-18-5-3-4-13(21-18)10-24-17-7-6-12(8-16(17)20)14-9-15(14)19(22)23/h3-8,11,14-15H,9-10H2,1-2H3,(H,22,23). The summed E-state index contributed by atoms with van der Waals surface area (Å²) in [6.07, 6.45) is 0.677. The lowest BCUT2D eigenvalue weighted by Gasteiger charge is -2.10. The zero-order chi connectivity index (χ0) is 18.0. The zero-order valence-corrected chi connectivity index (χ0v) is 15.7.